The average molecular weight is 503 g/mol. The highest BCUT2D eigenvalue weighted by Crippen LogP contribution is 2.43. The quantitative estimate of drug-likeness (QED) is 0.170. The van der Waals surface area contributed by atoms with Gasteiger partial charge in [0.1, 0.15) is 0 Å². The monoisotopic (exact) mass is 502 g/mol. The molecule has 0 heterocycles. The standard InChI is InChI=1S/C34H38Si2/c1-23-9-13-25(14-10-23)33-29-19-17-28(36(6,7)8)22-32(29)34(26-15-11-24(2)12-16-26)30-20-18-27(21-31(30)33)35(3,4)5/h9-22H,1-8H3. The van der Waals surface area contributed by atoms with E-state index in [0.29, 0.717) is 0 Å². The zero-order chi connectivity index (χ0) is 25.8. The van der Waals surface area contributed by atoms with E-state index in [2.05, 4.69) is 138 Å². The van der Waals surface area contributed by atoms with Crippen LogP contribution in [0, 0.1) is 13.8 Å². The molecule has 2 heteroatoms. The molecule has 0 N–H and O–H groups in total. The van der Waals surface area contributed by atoms with Gasteiger partial charge in [0.15, 0.2) is 0 Å². The summed E-state index contributed by atoms with van der Waals surface area (Å²) in [5, 5.41) is 8.49. The molecule has 0 aromatic heterocycles. The van der Waals surface area contributed by atoms with Gasteiger partial charge in [-0.3, -0.25) is 0 Å². The normalized spacial score (nSPS) is 12.4. The van der Waals surface area contributed by atoms with Crippen LogP contribution in [0.2, 0.25) is 39.3 Å². The maximum Gasteiger partial charge on any atom is 0.0776 e. The predicted molar refractivity (Wildman–Crippen MR) is 168 cm³/mol. The first-order chi connectivity index (χ1) is 16.9. The van der Waals surface area contributed by atoms with Crippen molar-refractivity contribution < 1.29 is 0 Å². The van der Waals surface area contributed by atoms with Crippen LogP contribution >= 0.6 is 0 Å². The van der Waals surface area contributed by atoms with Crippen LogP contribution < -0.4 is 10.4 Å². The number of aryl methyl sites for hydroxylation is 2. The van der Waals surface area contributed by atoms with Crippen LogP contribution in [0.4, 0.5) is 0 Å². The van der Waals surface area contributed by atoms with Gasteiger partial charge in [0.25, 0.3) is 0 Å². The summed E-state index contributed by atoms with van der Waals surface area (Å²) < 4.78 is 0. The van der Waals surface area contributed by atoms with Crippen molar-refractivity contribution >= 4 is 48.1 Å². The Balaban J connectivity index is 2.01. The lowest BCUT2D eigenvalue weighted by Crippen LogP contribution is -2.37. The van der Waals surface area contributed by atoms with Crippen LogP contribution in [0.3, 0.4) is 0 Å². The molecule has 182 valence electrons. The minimum atomic E-state index is -1.48. The largest absolute Gasteiger partial charge is 0.0776 e. The van der Waals surface area contributed by atoms with Gasteiger partial charge in [0.05, 0.1) is 16.1 Å². The smallest absolute Gasteiger partial charge is 0.0656 e. The Morgan fingerprint density at radius 1 is 0.389 bits per heavy atom. The fraction of sp³-hybridized carbons (Fsp3) is 0.235. The van der Waals surface area contributed by atoms with Gasteiger partial charge < -0.3 is 0 Å². The van der Waals surface area contributed by atoms with Crippen molar-refractivity contribution in [1.82, 2.24) is 0 Å². The van der Waals surface area contributed by atoms with Crippen molar-refractivity contribution in [1.29, 1.82) is 0 Å². The maximum absolute atomic E-state index is 2.51. The molecule has 0 saturated carbocycles. The van der Waals surface area contributed by atoms with E-state index in [4.69, 9.17) is 0 Å². The fourth-order valence-corrected chi connectivity index (χ4v) is 7.55. The molecule has 0 spiro atoms. The highest BCUT2D eigenvalue weighted by Gasteiger charge is 2.23. The number of hydrogen-bond acceptors (Lipinski definition) is 0. The molecule has 0 aliphatic rings. The van der Waals surface area contributed by atoms with Crippen molar-refractivity contribution in [3.8, 4) is 22.3 Å². The summed E-state index contributed by atoms with van der Waals surface area (Å²) in [6.07, 6.45) is 0. The molecular formula is C34H38Si2. The molecule has 36 heavy (non-hydrogen) atoms. The minimum Gasteiger partial charge on any atom is -0.0656 e. The summed E-state index contributed by atoms with van der Waals surface area (Å²) in [6.45, 7) is 19.0. The Kier molecular flexibility index (Phi) is 6.09. The summed E-state index contributed by atoms with van der Waals surface area (Å²) in [5.41, 5.74) is 7.95. The van der Waals surface area contributed by atoms with Gasteiger partial charge in [-0.05, 0) is 57.6 Å². The van der Waals surface area contributed by atoms with E-state index in [0.717, 1.165) is 0 Å². The molecular weight excluding hydrogens is 465 g/mol. The zero-order valence-corrected chi connectivity index (χ0v) is 25.1. The minimum absolute atomic E-state index is 1.30. The van der Waals surface area contributed by atoms with E-state index >= 15 is 0 Å². The zero-order valence-electron chi connectivity index (χ0n) is 23.1. The SMILES string of the molecule is Cc1ccc(-c2c3ccc([Si](C)(C)C)cc3c(-c3ccc(C)cc3)c3ccc([Si](C)(C)C)cc23)cc1. The van der Waals surface area contributed by atoms with Gasteiger partial charge in [-0.2, -0.15) is 0 Å². The topological polar surface area (TPSA) is 0 Å². The Bertz CT molecular complexity index is 1450. The number of benzene rings is 5. The number of hydrogen-bond donors (Lipinski definition) is 0. The van der Waals surface area contributed by atoms with E-state index < -0.39 is 16.1 Å². The lowest BCUT2D eigenvalue weighted by atomic mass is 9.85. The van der Waals surface area contributed by atoms with Crippen molar-refractivity contribution in [3.05, 3.63) is 96.1 Å². The van der Waals surface area contributed by atoms with Crippen molar-refractivity contribution in [2.75, 3.05) is 0 Å². The predicted octanol–water partition coefficient (Wildman–Crippen LogP) is 9.03. The highest BCUT2D eigenvalue weighted by atomic mass is 28.3. The first-order valence-electron chi connectivity index (χ1n) is 13.1. The summed E-state index contributed by atoms with van der Waals surface area (Å²) in [5.74, 6) is 0. The first-order valence-corrected chi connectivity index (χ1v) is 20.1. The Hall–Kier alpha value is -2.95. The lowest BCUT2D eigenvalue weighted by molar-refractivity contribution is 1.47. The molecule has 0 bridgehead atoms. The molecule has 0 unspecified atom stereocenters. The van der Waals surface area contributed by atoms with Crippen LogP contribution in [-0.2, 0) is 0 Å². The molecule has 0 atom stereocenters. The van der Waals surface area contributed by atoms with Gasteiger partial charge in [-0.1, -0.05) is 146 Å². The summed E-state index contributed by atoms with van der Waals surface area (Å²) in [6, 6.07) is 32.9. The summed E-state index contributed by atoms with van der Waals surface area (Å²) in [7, 11) is -2.97. The van der Waals surface area contributed by atoms with Gasteiger partial charge in [-0.25, -0.2) is 0 Å². The summed E-state index contributed by atoms with van der Waals surface area (Å²) >= 11 is 0. The van der Waals surface area contributed by atoms with E-state index in [1.165, 1.54) is 65.3 Å². The molecule has 0 radical (unpaired) electrons. The van der Waals surface area contributed by atoms with Gasteiger partial charge in [-0.15, -0.1) is 0 Å². The van der Waals surface area contributed by atoms with E-state index in [1.54, 1.807) is 0 Å². The maximum atomic E-state index is 2.51. The number of rotatable bonds is 4. The molecule has 5 rings (SSSR count). The van der Waals surface area contributed by atoms with Crippen molar-refractivity contribution in [2.24, 2.45) is 0 Å². The molecule has 0 nitrogen and oxygen atoms in total. The molecule has 0 aliphatic carbocycles. The molecule has 0 aliphatic heterocycles. The van der Waals surface area contributed by atoms with E-state index in [9.17, 15) is 0 Å². The Morgan fingerprint density at radius 2 is 0.722 bits per heavy atom. The third-order valence-corrected chi connectivity index (χ3v) is 11.6. The van der Waals surface area contributed by atoms with Gasteiger partial charge in [0, 0.05) is 0 Å². The third kappa shape index (κ3) is 4.49. The fourth-order valence-electron chi connectivity index (χ4n) is 5.22. The first kappa shape index (κ1) is 24.7. The van der Waals surface area contributed by atoms with E-state index in [-0.39, 0.29) is 0 Å². The second kappa shape index (κ2) is 8.86. The van der Waals surface area contributed by atoms with Gasteiger partial charge >= 0.3 is 0 Å². The highest BCUT2D eigenvalue weighted by molar-refractivity contribution is 6.89. The third-order valence-electron chi connectivity index (χ3n) is 7.53. The van der Waals surface area contributed by atoms with Crippen molar-refractivity contribution in [3.63, 3.8) is 0 Å². The molecule has 5 aromatic rings. The molecule has 0 amide bonds. The Labute approximate surface area is 219 Å². The van der Waals surface area contributed by atoms with Crippen LogP contribution in [0.5, 0.6) is 0 Å². The summed E-state index contributed by atoms with van der Waals surface area (Å²) in [4.78, 5) is 0. The van der Waals surface area contributed by atoms with Crippen LogP contribution in [0.15, 0.2) is 84.9 Å². The van der Waals surface area contributed by atoms with E-state index in [1.807, 2.05) is 0 Å². The average Bonchev–Trinajstić information content (AvgIpc) is 2.82. The molecule has 5 aromatic carbocycles. The van der Waals surface area contributed by atoms with Gasteiger partial charge in [0.2, 0.25) is 0 Å². The number of fused-ring (bicyclic) bond motifs is 2. The van der Waals surface area contributed by atoms with Crippen LogP contribution in [0.1, 0.15) is 11.1 Å². The van der Waals surface area contributed by atoms with Crippen molar-refractivity contribution in [2.45, 2.75) is 53.1 Å². The Morgan fingerprint density at radius 3 is 1.03 bits per heavy atom. The second-order valence-corrected chi connectivity index (χ2v) is 22.7. The van der Waals surface area contributed by atoms with Crippen LogP contribution in [0.25, 0.3) is 43.8 Å². The second-order valence-electron chi connectivity index (χ2n) is 12.5. The van der Waals surface area contributed by atoms with Crippen LogP contribution in [-0.4, -0.2) is 16.1 Å². The molecule has 0 fully saturated rings. The molecule has 0 saturated heterocycles. The lowest BCUT2D eigenvalue weighted by Gasteiger charge is -2.24.